The molecule has 0 bridgehead atoms. The Morgan fingerprint density at radius 2 is 2.10 bits per heavy atom. The summed E-state index contributed by atoms with van der Waals surface area (Å²) in [6.45, 7) is 12.0. The lowest BCUT2D eigenvalue weighted by atomic mass is 10.0. The first-order valence-corrected chi connectivity index (χ1v) is 8.06. The van der Waals surface area contributed by atoms with Crippen molar-refractivity contribution in [3.05, 3.63) is 0 Å². The second-order valence-electron chi connectivity index (χ2n) is 7.36. The van der Waals surface area contributed by atoms with Crippen LogP contribution in [0, 0.1) is 5.92 Å². The van der Waals surface area contributed by atoms with Crippen molar-refractivity contribution in [1.29, 1.82) is 0 Å². The molecule has 5 heteroatoms. The number of rotatable bonds is 5. The maximum absolute atomic E-state index is 12.1. The van der Waals surface area contributed by atoms with Crippen LogP contribution < -0.4 is 5.32 Å². The van der Waals surface area contributed by atoms with Gasteiger partial charge in [0.15, 0.2) is 0 Å². The molecule has 0 aromatic heterocycles. The summed E-state index contributed by atoms with van der Waals surface area (Å²) in [5.74, 6) is 0.432. The van der Waals surface area contributed by atoms with E-state index in [4.69, 9.17) is 4.74 Å². The molecule has 1 fully saturated rings. The summed E-state index contributed by atoms with van der Waals surface area (Å²) in [7, 11) is 0. The van der Waals surface area contributed by atoms with Crippen LogP contribution in [-0.4, -0.2) is 53.5 Å². The van der Waals surface area contributed by atoms with E-state index in [2.05, 4.69) is 12.2 Å². The number of ether oxygens (including phenoxy) is 1. The maximum Gasteiger partial charge on any atom is 0.410 e. The maximum atomic E-state index is 12.1. The zero-order valence-corrected chi connectivity index (χ0v) is 14.2. The Morgan fingerprint density at radius 3 is 2.67 bits per heavy atom. The van der Waals surface area contributed by atoms with Crippen molar-refractivity contribution < 1.29 is 14.6 Å². The van der Waals surface area contributed by atoms with E-state index in [1.807, 2.05) is 27.7 Å². The predicted molar refractivity (Wildman–Crippen MR) is 84.3 cm³/mol. The molecule has 1 rings (SSSR count). The van der Waals surface area contributed by atoms with E-state index in [1.165, 1.54) is 0 Å². The Kier molecular flexibility index (Phi) is 6.94. The summed E-state index contributed by atoms with van der Waals surface area (Å²) in [5.41, 5.74) is -0.441. The van der Waals surface area contributed by atoms with Gasteiger partial charge in [-0.1, -0.05) is 6.92 Å². The summed E-state index contributed by atoms with van der Waals surface area (Å²) in [5, 5.41) is 12.9. The molecule has 1 amide bonds. The molecule has 2 N–H and O–H groups in total. The minimum Gasteiger partial charge on any atom is -0.444 e. The van der Waals surface area contributed by atoms with Gasteiger partial charge in [0.2, 0.25) is 0 Å². The van der Waals surface area contributed by atoms with Gasteiger partial charge >= 0.3 is 6.09 Å². The summed E-state index contributed by atoms with van der Waals surface area (Å²) < 4.78 is 5.43. The average molecular weight is 300 g/mol. The second kappa shape index (κ2) is 7.99. The van der Waals surface area contributed by atoms with Crippen LogP contribution in [0.5, 0.6) is 0 Å². The van der Waals surface area contributed by atoms with Crippen molar-refractivity contribution in [2.45, 2.75) is 71.6 Å². The van der Waals surface area contributed by atoms with Crippen LogP contribution in [0.3, 0.4) is 0 Å². The van der Waals surface area contributed by atoms with E-state index in [-0.39, 0.29) is 12.2 Å². The Bertz CT molecular complexity index is 326. The number of carbonyl (C=O) groups excluding carboxylic acids is 1. The molecule has 1 saturated heterocycles. The Balaban J connectivity index is 2.36. The molecule has 3 unspecified atom stereocenters. The number of aliphatic hydroxyl groups excluding tert-OH is 1. The average Bonchev–Trinajstić information content (AvgIpc) is 2.34. The first kappa shape index (κ1) is 18.2. The lowest BCUT2D eigenvalue weighted by Crippen LogP contribution is -2.50. The molecule has 124 valence electrons. The van der Waals surface area contributed by atoms with Crippen molar-refractivity contribution in [2.24, 2.45) is 5.92 Å². The van der Waals surface area contributed by atoms with Crippen molar-refractivity contribution in [3.63, 3.8) is 0 Å². The molecule has 3 atom stereocenters. The molecular weight excluding hydrogens is 268 g/mol. The number of nitrogens with one attached hydrogen (secondary N) is 1. The highest BCUT2D eigenvalue weighted by Gasteiger charge is 2.27. The van der Waals surface area contributed by atoms with E-state index in [9.17, 15) is 9.90 Å². The lowest BCUT2D eigenvalue weighted by Gasteiger charge is -2.35. The topological polar surface area (TPSA) is 61.8 Å². The van der Waals surface area contributed by atoms with Crippen molar-refractivity contribution in [3.8, 4) is 0 Å². The Morgan fingerprint density at radius 1 is 1.43 bits per heavy atom. The first-order valence-electron chi connectivity index (χ1n) is 8.06. The highest BCUT2D eigenvalue weighted by Crippen LogP contribution is 2.16. The normalized spacial score (nSPS) is 22.8. The molecule has 1 heterocycles. The van der Waals surface area contributed by atoms with Gasteiger partial charge in [0.05, 0.1) is 6.10 Å². The first-order chi connectivity index (χ1) is 9.67. The number of likely N-dealkylation sites (tertiary alicyclic amines) is 1. The van der Waals surface area contributed by atoms with Gasteiger partial charge in [0.1, 0.15) is 5.60 Å². The predicted octanol–water partition coefficient (Wildman–Crippen LogP) is 2.38. The summed E-state index contributed by atoms with van der Waals surface area (Å²) in [6.07, 6.45) is 2.41. The van der Waals surface area contributed by atoms with Crippen LogP contribution in [0.4, 0.5) is 4.79 Å². The number of aliphatic hydroxyl groups is 1. The second-order valence-corrected chi connectivity index (χ2v) is 7.36. The number of hydrogen-bond acceptors (Lipinski definition) is 4. The summed E-state index contributed by atoms with van der Waals surface area (Å²) in [6, 6.07) is 0.322. The van der Waals surface area contributed by atoms with E-state index < -0.39 is 5.60 Å². The van der Waals surface area contributed by atoms with Crippen LogP contribution in [0.1, 0.15) is 53.9 Å². The molecule has 0 aromatic carbocycles. The number of hydrogen-bond donors (Lipinski definition) is 2. The van der Waals surface area contributed by atoms with Gasteiger partial charge in [-0.3, -0.25) is 0 Å². The highest BCUT2D eigenvalue weighted by molar-refractivity contribution is 5.68. The largest absolute Gasteiger partial charge is 0.444 e. The zero-order chi connectivity index (χ0) is 16.0. The van der Waals surface area contributed by atoms with Gasteiger partial charge in [0, 0.05) is 19.1 Å². The molecule has 0 aromatic rings. The fourth-order valence-corrected chi connectivity index (χ4v) is 2.67. The van der Waals surface area contributed by atoms with Crippen LogP contribution in [-0.2, 0) is 4.74 Å². The summed E-state index contributed by atoms with van der Waals surface area (Å²) >= 11 is 0. The lowest BCUT2D eigenvalue weighted by molar-refractivity contribution is 0.0186. The standard InChI is InChI=1S/C16H32N2O3/c1-12(9-13(2)19)10-17-14-7-6-8-18(11-14)15(20)21-16(3,4)5/h12-14,17,19H,6-11H2,1-5H3. The quantitative estimate of drug-likeness (QED) is 0.818. The number of piperidine rings is 1. The van der Waals surface area contributed by atoms with Gasteiger partial charge in [-0.15, -0.1) is 0 Å². The number of nitrogens with zero attached hydrogens (tertiary/aromatic N) is 1. The minimum absolute atomic E-state index is 0.217. The van der Waals surface area contributed by atoms with Crippen LogP contribution in [0.15, 0.2) is 0 Å². The van der Waals surface area contributed by atoms with Crippen molar-refractivity contribution >= 4 is 6.09 Å². The molecule has 5 nitrogen and oxygen atoms in total. The third-order valence-electron chi connectivity index (χ3n) is 3.57. The highest BCUT2D eigenvalue weighted by atomic mass is 16.6. The van der Waals surface area contributed by atoms with Crippen LogP contribution in [0.25, 0.3) is 0 Å². The number of amides is 1. The van der Waals surface area contributed by atoms with Crippen molar-refractivity contribution in [2.75, 3.05) is 19.6 Å². The van der Waals surface area contributed by atoms with Gasteiger partial charge in [0.25, 0.3) is 0 Å². The van der Waals surface area contributed by atoms with Gasteiger partial charge < -0.3 is 20.1 Å². The molecule has 0 saturated carbocycles. The van der Waals surface area contributed by atoms with Gasteiger partial charge in [-0.2, -0.15) is 0 Å². The van der Waals surface area contributed by atoms with Crippen LogP contribution in [0.2, 0.25) is 0 Å². The Hall–Kier alpha value is -0.810. The molecule has 1 aliphatic heterocycles. The third-order valence-corrected chi connectivity index (χ3v) is 3.57. The molecule has 1 aliphatic rings. The van der Waals surface area contributed by atoms with E-state index in [0.29, 0.717) is 18.5 Å². The SMILES string of the molecule is CC(O)CC(C)CNC1CCCN(C(=O)OC(C)(C)C)C1. The van der Waals surface area contributed by atoms with Gasteiger partial charge in [-0.25, -0.2) is 4.79 Å². The molecule has 0 radical (unpaired) electrons. The molecule has 0 aliphatic carbocycles. The van der Waals surface area contributed by atoms with E-state index in [0.717, 1.165) is 32.4 Å². The fourth-order valence-electron chi connectivity index (χ4n) is 2.67. The smallest absolute Gasteiger partial charge is 0.410 e. The zero-order valence-electron chi connectivity index (χ0n) is 14.2. The number of carbonyl (C=O) groups is 1. The van der Waals surface area contributed by atoms with Crippen molar-refractivity contribution in [1.82, 2.24) is 10.2 Å². The molecule has 0 spiro atoms. The summed E-state index contributed by atoms with van der Waals surface area (Å²) in [4.78, 5) is 13.9. The third kappa shape index (κ3) is 7.67. The molecular formula is C16H32N2O3. The van der Waals surface area contributed by atoms with Gasteiger partial charge in [-0.05, 0) is 59.4 Å². The fraction of sp³-hybridized carbons (Fsp3) is 0.938. The van der Waals surface area contributed by atoms with E-state index in [1.54, 1.807) is 4.90 Å². The minimum atomic E-state index is -0.441. The molecule has 21 heavy (non-hydrogen) atoms. The van der Waals surface area contributed by atoms with E-state index >= 15 is 0 Å². The van der Waals surface area contributed by atoms with Crippen LogP contribution >= 0.6 is 0 Å². The monoisotopic (exact) mass is 300 g/mol. The Labute approximate surface area is 129 Å².